The summed E-state index contributed by atoms with van der Waals surface area (Å²) in [6.07, 6.45) is 22.1. The van der Waals surface area contributed by atoms with Crippen LogP contribution in [0, 0.1) is 0 Å². The van der Waals surface area contributed by atoms with Gasteiger partial charge in [0.25, 0.3) is 0 Å². The number of benzene rings is 2. The topological polar surface area (TPSA) is 16.1 Å². The first kappa shape index (κ1) is 26.3. The van der Waals surface area contributed by atoms with Gasteiger partial charge in [-0.05, 0) is 102 Å². The molecule has 6 rings (SSSR count). The second-order valence-electron chi connectivity index (χ2n) is 10.4. The minimum atomic E-state index is 0.396. The molecule has 4 heteroatoms. The van der Waals surface area contributed by atoms with Gasteiger partial charge in [0.15, 0.2) is 0 Å². The van der Waals surface area contributed by atoms with E-state index in [1.165, 1.54) is 44.6 Å². The molecule has 1 heterocycles. The first-order valence-corrected chi connectivity index (χ1v) is 15.5. The van der Waals surface area contributed by atoms with E-state index in [0.29, 0.717) is 10.9 Å². The molecule has 2 atom stereocenters. The van der Waals surface area contributed by atoms with Gasteiger partial charge in [-0.2, -0.15) is 0 Å². The fourth-order valence-corrected chi connectivity index (χ4v) is 6.27. The molecule has 0 unspecified atom stereocenters. The lowest BCUT2D eigenvalue weighted by atomic mass is 9.95. The molecule has 0 bridgehead atoms. The van der Waals surface area contributed by atoms with Crippen LogP contribution in [-0.2, 0) is 0 Å². The van der Waals surface area contributed by atoms with Crippen LogP contribution in [-0.4, -0.2) is 15.9 Å². The van der Waals surface area contributed by atoms with Crippen molar-refractivity contribution < 1.29 is 0 Å². The zero-order valence-corrected chi connectivity index (χ0v) is 25.1. The molecule has 196 valence electrons. The highest BCUT2D eigenvalue weighted by atomic mass is 79.9. The summed E-state index contributed by atoms with van der Waals surface area (Å²) in [5.41, 5.74) is 9.51. The zero-order chi connectivity index (χ0) is 26.6. The van der Waals surface area contributed by atoms with Gasteiger partial charge in [-0.1, -0.05) is 105 Å². The zero-order valence-electron chi connectivity index (χ0n) is 21.9. The fourth-order valence-electron chi connectivity index (χ4n) is 5.60. The second-order valence-corrected chi connectivity index (χ2v) is 12.6. The molecule has 2 nitrogen and oxygen atoms in total. The van der Waals surface area contributed by atoms with Crippen molar-refractivity contribution >= 4 is 54.4 Å². The van der Waals surface area contributed by atoms with E-state index in [0.717, 1.165) is 43.5 Å². The van der Waals surface area contributed by atoms with Crippen molar-refractivity contribution in [3.05, 3.63) is 125 Å². The number of para-hydroxylation sites is 1. The monoisotopic (exact) mass is 638 g/mol. The molecule has 0 amide bonds. The van der Waals surface area contributed by atoms with E-state index in [4.69, 9.17) is 4.98 Å². The summed E-state index contributed by atoms with van der Waals surface area (Å²) in [6, 6.07) is 24.9. The summed E-state index contributed by atoms with van der Waals surface area (Å²) in [6.45, 7) is 0. The Kier molecular flexibility index (Phi) is 8.13. The predicted molar refractivity (Wildman–Crippen MR) is 174 cm³/mol. The maximum atomic E-state index is 5.14. The molecule has 39 heavy (non-hydrogen) atoms. The van der Waals surface area contributed by atoms with E-state index in [1.807, 2.05) is 0 Å². The van der Waals surface area contributed by atoms with Crippen molar-refractivity contribution in [3.63, 3.8) is 0 Å². The lowest BCUT2D eigenvalue weighted by Gasteiger charge is -2.35. The largest absolute Gasteiger partial charge is 0.338 e. The Morgan fingerprint density at radius 3 is 2.28 bits per heavy atom. The van der Waals surface area contributed by atoms with E-state index in [1.54, 1.807) is 0 Å². The maximum Gasteiger partial charge on any atom is 0.0712 e. The van der Waals surface area contributed by atoms with Gasteiger partial charge in [0.1, 0.15) is 0 Å². The van der Waals surface area contributed by atoms with E-state index in [2.05, 4.69) is 146 Å². The Morgan fingerprint density at radius 2 is 1.59 bits per heavy atom. The third-order valence-corrected chi connectivity index (χ3v) is 9.06. The predicted octanol–water partition coefficient (Wildman–Crippen LogP) is 10.6. The minimum Gasteiger partial charge on any atom is -0.338 e. The Balaban J connectivity index is 1.38. The second kappa shape index (κ2) is 12.1. The SMILES string of the molecule is BrC1=CC=C(c2cc(-c3ccc(N(c4ccccc4)[C@@H]4CC=CCC4)cc3)cc(C3=CC[C@H](Br)C=C3)n2)CC1. The average molecular weight is 640 g/mol. The number of hydrogen-bond donors (Lipinski definition) is 0. The Morgan fingerprint density at radius 1 is 0.795 bits per heavy atom. The molecule has 0 radical (unpaired) electrons. The van der Waals surface area contributed by atoms with Crippen LogP contribution in [0.25, 0.3) is 22.3 Å². The molecule has 0 aliphatic heterocycles. The van der Waals surface area contributed by atoms with Crippen molar-refractivity contribution in [3.8, 4) is 11.1 Å². The molecule has 3 aliphatic carbocycles. The summed E-state index contributed by atoms with van der Waals surface area (Å²) >= 11 is 7.36. The normalized spacial score (nSPS) is 20.7. The molecule has 0 N–H and O–H groups in total. The number of halogens is 2. The van der Waals surface area contributed by atoms with Gasteiger partial charge in [-0.15, -0.1) is 0 Å². The van der Waals surface area contributed by atoms with Crippen molar-refractivity contribution in [1.82, 2.24) is 4.98 Å². The number of hydrogen-bond acceptors (Lipinski definition) is 2. The quantitative estimate of drug-likeness (QED) is 0.197. The van der Waals surface area contributed by atoms with Crippen LogP contribution in [0.15, 0.2) is 114 Å². The molecule has 2 aromatic carbocycles. The number of anilines is 2. The van der Waals surface area contributed by atoms with Gasteiger partial charge in [0.2, 0.25) is 0 Å². The van der Waals surface area contributed by atoms with Gasteiger partial charge in [0, 0.05) is 22.2 Å². The van der Waals surface area contributed by atoms with Gasteiger partial charge in [-0.25, -0.2) is 4.98 Å². The van der Waals surface area contributed by atoms with Gasteiger partial charge >= 0.3 is 0 Å². The van der Waals surface area contributed by atoms with Crippen LogP contribution in [0.5, 0.6) is 0 Å². The number of rotatable bonds is 6. The molecular formula is C35H32Br2N2. The molecule has 3 aliphatic rings. The van der Waals surface area contributed by atoms with Gasteiger partial charge in [0.05, 0.1) is 11.4 Å². The van der Waals surface area contributed by atoms with Crippen LogP contribution in [0.4, 0.5) is 11.4 Å². The molecule has 3 aromatic rings. The third-order valence-electron chi connectivity index (χ3n) is 7.72. The summed E-state index contributed by atoms with van der Waals surface area (Å²) < 4.78 is 1.25. The minimum absolute atomic E-state index is 0.396. The Labute approximate surface area is 248 Å². The Bertz CT molecular complexity index is 1480. The Hall–Kier alpha value is -2.95. The lowest BCUT2D eigenvalue weighted by Crippen LogP contribution is -2.31. The average Bonchev–Trinajstić information content (AvgIpc) is 2.99. The summed E-state index contributed by atoms with van der Waals surface area (Å²) in [4.78, 5) is 8.05. The van der Waals surface area contributed by atoms with E-state index < -0.39 is 0 Å². The van der Waals surface area contributed by atoms with Crippen molar-refractivity contribution in [2.75, 3.05) is 4.90 Å². The van der Waals surface area contributed by atoms with E-state index in [9.17, 15) is 0 Å². The number of nitrogens with zero attached hydrogens (tertiary/aromatic N) is 2. The molecule has 0 saturated carbocycles. The van der Waals surface area contributed by atoms with Crippen LogP contribution in [0.1, 0.15) is 49.9 Å². The smallest absolute Gasteiger partial charge is 0.0712 e. The van der Waals surface area contributed by atoms with Crippen LogP contribution < -0.4 is 4.90 Å². The number of pyridine rings is 1. The highest BCUT2D eigenvalue weighted by molar-refractivity contribution is 9.11. The highest BCUT2D eigenvalue weighted by Crippen LogP contribution is 2.36. The molecule has 0 spiro atoms. The van der Waals surface area contributed by atoms with Crippen LogP contribution in [0.2, 0.25) is 0 Å². The van der Waals surface area contributed by atoms with Crippen LogP contribution >= 0.6 is 31.9 Å². The third kappa shape index (κ3) is 6.13. The first-order chi connectivity index (χ1) is 19.1. The lowest BCUT2D eigenvalue weighted by molar-refractivity contribution is 0.591. The maximum absolute atomic E-state index is 5.14. The van der Waals surface area contributed by atoms with Crippen molar-refractivity contribution in [2.45, 2.75) is 49.4 Å². The van der Waals surface area contributed by atoms with E-state index in [-0.39, 0.29) is 0 Å². The highest BCUT2D eigenvalue weighted by Gasteiger charge is 2.21. The van der Waals surface area contributed by atoms with Gasteiger partial charge in [-0.3, -0.25) is 0 Å². The molecule has 0 saturated heterocycles. The van der Waals surface area contributed by atoms with E-state index >= 15 is 0 Å². The number of allylic oxidation sites excluding steroid dienone is 9. The number of aromatic nitrogens is 1. The molecule has 1 aromatic heterocycles. The first-order valence-electron chi connectivity index (χ1n) is 13.8. The van der Waals surface area contributed by atoms with Crippen molar-refractivity contribution in [2.24, 2.45) is 0 Å². The number of alkyl halides is 1. The fraction of sp³-hybridized carbons (Fsp3) is 0.229. The summed E-state index contributed by atoms with van der Waals surface area (Å²) in [5.74, 6) is 0. The molecule has 0 fully saturated rings. The standard InChI is InChI=1S/C35H32Br2N2/c36-29-17-11-26(12-18-29)34-23-28(24-35(38-34)27-13-19-30(37)20-14-27)25-15-21-33(22-16-25)39(31-7-3-1-4-8-31)32-9-5-2-6-10-32/h1-5,7-8,11-13,15-17,19,21-24,29,32H,6,9-10,14,18,20H2/t29-,32-/m1/s1. The summed E-state index contributed by atoms with van der Waals surface area (Å²) in [7, 11) is 0. The van der Waals surface area contributed by atoms with Crippen LogP contribution in [0.3, 0.4) is 0 Å². The van der Waals surface area contributed by atoms with Gasteiger partial charge < -0.3 is 4.90 Å². The molecular weight excluding hydrogens is 608 g/mol. The summed E-state index contributed by atoms with van der Waals surface area (Å²) in [5, 5.41) is 0. The van der Waals surface area contributed by atoms with Crippen molar-refractivity contribution in [1.29, 1.82) is 0 Å².